The van der Waals surface area contributed by atoms with E-state index in [4.69, 9.17) is 5.73 Å². The van der Waals surface area contributed by atoms with Gasteiger partial charge in [0.25, 0.3) is 5.91 Å². The van der Waals surface area contributed by atoms with E-state index in [1.165, 1.54) is 12.8 Å². The molecule has 2 heterocycles. The Morgan fingerprint density at radius 2 is 2.41 bits per heavy atom. The Kier molecular flexibility index (Phi) is 3.68. The summed E-state index contributed by atoms with van der Waals surface area (Å²) in [6.07, 6.45) is 5.08. The van der Waals surface area contributed by atoms with E-state index < -0.39 is 5.91 Å². The Labute approximate surface area is 101 Å². The standard InChI is InChI=1S/C12H18N4O/c1-2-3-5-16-6-4-9-7-14-12(11(13)17)15-10(9)8-16/h7H,2-6,8H2,1H3,(H2,13,17). The predicted molar refractivity (Wildman–Crippen MR) is 64.4 cm³/mol. The third-order valence-electron chi connectivity index (χ3n) is 3.07. The van der Waals surface area contributed by atoms with E-state index in [9.17, 15) is 4.79 Å². The molecule has 1 aromatic rings. The monoisotopic (exact) mass is 234 g/mol. The summed E-state index contributed by atoms with van der Waals surface area (Å²) in [5.74, 6) is -0.431. The third kappa shape index (κ3) is 2.79. The van der Waals surface area contributed by atoms with Gasteiger partial charge in [-0.1, -0.05) is 13.3 Å². The van der Waals surface area contributed by atoms with Crippen molar-refractivity contribution in [2.45, 2.75) is 32.7 Å². The fraction of sp³-hybridized carbons (Fsp3) is 0.583. The zero-order chi connectivity index (χ0) is 12.3. The minimum absolute atomic E-state index is 0.126. The van der Waals surface area contributed by atoms with E-state index in [0.29, 0.717) is 0 Å². The lowest BCUT2D eigenvalue weighted by molar-refractivity contribution is 0.0989. The number of nitrogens with zero attached hydrogens (tertiary/aromatic N) is 3. The molecule has 0 bridgehead atoms. The smallest absolute Gasteiger partial charge is 0.286 e. The number of unbranched alkanes of at least 4 members (excludes halogenated alkanes) is 1. The summed E-state index contributed by atoms with van der Waals surface area (Å²) in [5.41, 5.74) is 7.28. The van der Waals surface area contributed by atoms with Crippen LogP contribution in [0, 0.1) is 0 Å². The molecule has 92 valence electrons. The average Bonchev–Trinajstić information content (AvgIpc) is 2.35. The number of aromatic nitrogens is 2. The number of fused-ring (bicyclic) bond motifs is 1. The van der Waals surface area contributed by atoms with Gasteiger partial charge in [0.05, 0.1) is 5.69 Å². The molecule has 0 spiro atoms. The maximum absolute atomic E-state index is 11.0. The van der Waals surface area contributed by atoms with Crippen molar-refractivity contribution in [3.63, 3.8) is 0 Å². The zero-order valence-electron chi connectivity index (χ0n) is 10.1. The first-order valence-corrected chi connectivity index (χ1v) is 6.07. The van der Waals surface area contributed by atoms with Crippen LogP contribution in [0.4, 0.5) is 0 Å². The second-order valence-electron chi connectivity index (χ2n) is 4.41. The molecule has 0 aromatic carbocycles. The highest BCUT2D eigenvalue weighted by molar-refractivity contribution is 5.88. The molecule has 1 amide bonds. The number of primary amides is 1. The average molecular weight is 234 g/mol. The van der Waals surface area contributed by atoms with Crippen molar-refractivity contribution in [3.8, 4) is 0 Å². The minimum atomic E-state index is -0.557. The first-order chi connectivity index (χ1) is 8.20. The van der Waals surface area contributed by atoms with Gasteiger partial charge in [0.1, 0.15) is 0 Å². The Bertz CT molecular complexity index is 419. The maximum atomic E-state index is 11.0. The van der Waals surface area contributed by atoms with Crippen LogP contribution in [0.15, 0.2) is 6.20 Å². The van der Waals surface area contributed by atoms with E-state index >= 15 is 0 Å². The molecule has 1 aliphatic heterocycles. The van der Waals surface area contributed by atoms with Gasteiger partial charge in [-0.2, -0.15) is 0 Å². The van der Waals surface area contributed by atoms with E-state index in [1.807, 2.05) is 0 Å². The molecule has 2 N–H and O–H groups in total. The summed E-state index contributed by atoms with van der Waals surface area (Å²) in [4.78, 5) is 21.6. The highest BCUT2D eigenvalue weighted by Gasteiger charge is 2.18. The van der Waals surface area contributed by atoms with Gasteiger partial charge in [-0.3, -0.25) is 9.69 Å². The summed E-state index contributed by atoms with van der Waals surface area (Å²) >= 11 is 0. The molecule has 1 aromatic heterocycles. The summed E-state index contributed by atoms with van der Waals surface area (Å²) in [7, 11) is 0. The summed E-state index contributed by atoms with van der Waals surface area (Å²) in [6, 6.07) is 0. The molecule has 0 saturated carbocycles. The molecule has 0 fully saturated rings. The normalized spacial score (nSPS) is 15.6. The highest BCUT2D eigenvalue weighted by atomic mass is 16.1. The minimum Gasteiger partial charge on any atom is -0.363 e. The first kappa shape index (κ1) is 12.0. The van der Waals surface area contributed by atoms with Gasteiger partial charge in [0, 0.05) is 19.3 Å². The van der Waals surface area contributed by atoms with Crippen LogP contribution in [0.2, 0.25) is 0 Å². The van der Waals surface area contributed by atoms with E-state index in [-0.39, 0.29) is 5.82 Å². The summed E-state index contributed by atoms with van der Waals surface area (Å²) in [6.45, 7) is 5.13. The number of carbonyl (C=O) groups is 1. The molecule has 1 aliphatic rings. The highest BCUT2D eigenvalue weighted by Crippen LogP contribution is 2.16. The molecule has 5 heteroatoms. The number of hydrogen-bond acceptors (Lipinski definition) is 4. The lowest BCUT2D eigenvalue weighted by Gasteiger charge is -2.27. The Morgan fingerprint density at radius 3 is 3.12 bits per heavy atom. The molecule has 17 heavy (non-hydrogen) atoms. The molecule has 0 atom stereocenters. The number of hydrogen-bond donors (Lipinski definition) is 1. The van der Waals surface area contributed by atoms with Crippen LogP contribution in [0.1, 0.15) is 41.6 Å². The van der Waals surface area contributed by atoms with Gasteiger partial charge in [-0.25, -0.2) is 9.97 Å². The van der Waals surface area contributed by atoms with Crippen LogP contribution in [-0.4, -0.2) is 33.9 Å². The van der Waals surface area contributed by atoms with E-state index in [0.717, 1.165) is 37.3 Å². The number of rotatable bonds is 4. The summed E-state index contributed by atoms with van der Waals surface area (Å²) < 4.78 is 0. The van der Waals surface area contributed by atoms with Crippen LogP contribution >= 0.6 is 0 Å². The van der Waals surface area contributed by atoms with Crippen LogP contribution in [0.3, 0.4) is 0 Å². The van der Waals surface area contributed by atoms with Crippen molar-refractivity contribution in [3.05, 3.63) is 23.3 Å². The Hall–Kier alpha value is -1.49. The molecule has 2 rings (SSSR count). The predicted octanol–water partition coefficient (Wildman–Crippen LogP) is 0.734. The van der Waals surface area contributed by atoms with Crippen LogP contribution in [0.5, 0.6) is 0 Å². The van der Waals surface area contributed by atoms with Gasteiger partial charge < -0.3 is 5.73 Å². The molecular formula is C12H18N4O. The van der Waals surface area contributed by atoms with Gasteiger partial charge in [-0.15, -0.1) is 0 Å². The molecule has 5 nitrogen and oxygen atoms in total. The van der Waals surface area contributed by atoms with Crippen molar-refractivity contribution >= 4 is 5.91 Å². The van der Waals surface area contributed by atoms with Gasteiger partial charge in [0.2, 0.25) is 5.82 Å². The molecular weight excluding hydrogens is 216 g/mol. The lowest BCUT2D eigenvalue weighted by atomic mass is 10.1. The van der Waals surface area contributed by atoms with E-state index in [1.54, 1.807) is 6.20 Å². The van der Waals surface area contributed by atoms with Crippen LogP contribution < -0.4 is 5.73 Å². The first-order valence-electron chi connectivity index (χ1n) is 6.07. The third-order valence-corrected chi connectivity index (χ3v) is 3.07. The quantitative estimate of drug-likeness (QED) is 0.833. The molecule has 0 radical (unpaired) electrons. The number of carbonyl (C=O) groups excluding carboxylic acids is 1. The molecule has 0 saturated heterocycles. The summed E-state index contributed by atoms with van der Waals surface area (Å²) in [5, 5.41) is 0. The van der Waals surface area contributed by atoms with Crippen molar-refractivity contribution in [2.75, 3.05) is 13.1 Å². The Morgan fingerprint density at radius 1 is 1.59 bits per heavy atom. The topological polar surface area (TPSA) is 72.1 Å². The second-order valence-corrected chi connectivity index (χ2v) is 4.41. The van der Waals surface area contributed by atoms with Gasteiger partial charge >= 0.3 is 0 Å². The fourth-order valence-corrected chi connectivity index (χ4v) is 2.05. The largest absolute Gasteiger partial charge is 0.363 e. The van der Waals surface area contributed by atoms with Crippen molar-refractivity contribution < 1.29 is 4.79 Å². The number of amides is 1. The lowest BCUT2D eigenvalue weighted by Crippen LogP contribution is -2.33. The van der Waals surface area contributed by atoms with Crippen molar-refractivity contribution in [1.29, 1.82) is 0 Å². The van der Waals surface area contributed by atoms with E-state index in [2.05, 4.69) is 21.8 Å². The van der Waals surface area contributed by atoms with Crippen molar-refractivity contribution in [1.82, 2.24) is 14.9 Å². The zero-order valence-corrected chi connectivity index (χ0v) is 10.1. The van der Waals surface area contributed by atoms with Gasteiger partial charge in [-0.05, 0) is 24.9 Å². The Balaban J connectivity index is 2.12. The maximum Gasteiger partial charge on any atom is 0.286 e. The SMILES string of the molecule is CCCCN1CCc2cnc(C(N)=O)nc2C1. The van der Waals surface area contributed by atoms with Crippen LogP contribution in [0.25, 0.3) is 0 Å². The fourth-order valence-electron chi connectivity index (χ4n) is 2.05. The van der Waals surface area contributed by atoms with Gasteiger partial charge in [0.15, 0.2) is 0 Å². The molecule has 0 unspecified atom stereocenters. The van der Waals surface area contributed by atoms with Crippen LogP contribution in [-0.2, 0) is 13.0 Å². The molecule has 0 aliphatic carbocycles. The number of nitrogens with two attached hydrogens (primary N) is 1. The second kappa shape index (κ2) is 5.23. The van der Waals surface area contributed by atoms with Crippen molar-refractivity contribution in [2.24, 2.45) is 5.73 Å².